The molecule has 10 heteroatoms. The molecule has 0 radical (unpaired) electrons. The van der Waals surface area contributed by atoms with Crippen molar-refractivity contribution in [2.45, 2.75) is 114 Å². The van der Waals surface area contributed by atoms with E-state index in [4.69, 9.17) is 20.2 Å². The smallest absolute Gasteiger partial charge is 0.252 e. The molecular formula is C48H51N4O6+. The Kier molecular flexibility index (Phi) is 9.55. The van der Waals surface area contributed by atoms with E-state index in [0.717, 1.165) is 71.4 Å². The molecule has 6 N–H and O–H groups in total. The lowest BCUT2D eigenvalue weighted by atomic mass is 9.68. The minimum atomic E-state index is -1.04. The minimum absolute atomic E-state index is 0.0135. The molecule has 11 unspecified atom stereocenters. The molecule has 298 valence electrons. The number of allylic oxidation sites excluding steroid dienone is 2. The third kappa shape index (κ3) is 6.47. The first kappa shape index (κ1) is 37.5. The van der Waals surface area contributed by atoms with E-state index < -0.39 is 42.0 Å². The molecule has 1 spiro atoms. The molecule has 11 atom stereocenters. The quantitative estimate of drug-likeness (QED) is 0.212. The Morgan fingerprint density at radius 3 is 2.76 bits per heavy atom. The van der Waals surface area contributed by atoms with E-state index in [0.29, 0.717) is 30.9 Å². The molecule has 0 aromatic heterocycles. The van der Waals surface area contributed by atoms with E-state index in [9.17, 15) is 20.1 Å². The van der Waals surface area contributed by atoms with Crippen LogP contribution in [0.2, 0.25) is 0 Å². The number of nitrogens with zero attached hydrogens (tertiary/aromatic N) is 2. The SMILES string of the molecule is CC1C=CC(C(O)CC(=O)CCc2ccc3c(c2)OC2C(C#CC(O)c4ccc5c6c4C(CCC6C=NC5N)C4=C5C[NH+]2C=C5N=C4)C2(C#CO3)CCCC2)C(O)C1. The van der Waals surface area contributed by atoms with Crippen LogP contribution in [0.15, 0.2) is 75.5 Å². The van der Waals surface area contributed by atoms with Gasteiger partial charge in [-0.25, -0.2) is 0 Å². The minimum Gasteiger partial charge on any atom is -0.437 e. The maximum absolute atomic E-state index is 13.2. The van der Waals surface area contributed by atoms with Gasteiger partial charge in [-0.1, -0.05) is 67.9 Å². The van der Waals surface area contributed by atoms with Crippen LogP contribution < -0.4 is 20.1 Å². The summed E-state index contributed by atoms with van der Waals surface area (Å²) in [7, 11) is 0. The fraction of sp³-hybridized carbons (Fsp3) is 0.479. The first-order chi connectivity index (χ1) is 28.2. The van der Waals surface area contributed by atoms with Crippen LogP contribution in [0.1, 0.15) is 117 Å². The fourth-order valence-corrected chi connectivity index (χ4v) is 11.0. The highest BCUT2D eigenvalue weighted by Crippen LogP contribution is 2.51. The number of aliphatic hydroxyl groups excluding tert-OH is 3. The van der Waals surface area contributed by atoms with E-state index in [1.807, 2.05) is 61.8 Å². The number of benzene rings is 2. The third-order valence-corrected chi connectivity index (χ3v) is 14.1. The van der Waals surface area contributed by atoms with Gasteiger partial charge in [-0.3, -0.25) is 19.7 Å². The number of carbonyl (C=O) groups is 1. The van der Waals surface area contributed by atoms with Gasteiger partial charge in [0.15, 0.2) is 11.5 Å². The number of hydrogen-bond acceptors (Lipinski definition) is 9. The van der Waals surface area contributed by atoms with Crippen LogP contribution in [-0.4, -0.2) is 58.5 Å². The molecule has 1 saturated carbocycles. The summed E-state index contributed by atoms with van der Waals surface area (Å²) in [5.74, 6) is 11.1. The maximum Gasteiger partial charge on any atom is 0.252 e. The zero-order chi connectivity index (χ0) is 39.7. The van der Waals surface area contributed by atoms with Crippen molar-refractivity contribution in [3.63, 3.8) is 0 Å². The number of rotatable bonds is 6. The van der Waals surface area contributed by atoms with Crippen LogP contribution in [-0.2, 0) is 11.2 Å². The number of nitrogens with two attached hydrogens (primary N) is 1. The average molecular weight is 780 g/mol. The van der Waals surface area contributed by atoms with Crippen molar-refractivity contribution in [3.05, 3.63) is 93.3 Å². The van der Waals surface area contributed by atoms with Gasteiger partial charge < -0.3 is 30.5 Å². The lowest BCUT2D eigenvalue weighted by Gasteiger charge is -2.38. The largest absolute Gasteiger partial charge is 0.437 e. The summed E-state index contributed by atoms with van der Waals surface area (Å²) in [6.45, 7) is 2.70. The van der Waals surface area contributed by atoms with Gasteiger partial charge in [0.1, 0.15) is 48.5 Å². The van der Waals surface area contributed by atoms with Gasteiger partial charge in [0.05, 0.1) is 17.6 Å². The lowest BCUT2D eigenvalue weighted by molar-refractivity contribution is -0.891. The van der Waals surface area contributed by atoms with Gasteiger partial charge >= 0.3 is 0 Å². The van der Waals surface area contributed by atoms with Crippen molar-refractivity contribution in [2.24, 2.45) is 38.9 Å². The summed E-state index contributed by atoms with van der Waals surface area (Å²) in [6, 6.07) is 9.77. The predicted molar refractivity (Wildman–Crippen MR) is 219 cm³/mol. The second kappa shape index (κ2) is 14.8. The van der Waals surface area contributed by atoms with Crippen LogP contribution in [0, 0.1) is 47.0 Å². The standard InChI is InChI=1S/C48H50N4O6/c1-27-4-9-32(40(55)20-27)41(56)22-30(53)8-5-28-6-15-42-43(21-28)58-47-37(48(18-19-57-42)16-2-3-17-48)13-14-39(54)33-11-12-34-44-29(23-51-46(34)49)7-10-31(45(33)44)35-24-50-38-26-52(47)25-36(35)38/h4,6,9,11-12,15,21,23-24,26-27,29,31-32,37,39-41,46-47,54-56H,2-3,5,7-8,10,16-17,20,22,25,49H2,1H3/p+1. The first-order valence-electron chi connectivity index (χ1n) is 21.2. The number of aliphatic imine (C=N–C) groups is 2. The van der Waals surface area contributed by atoms with E-state index >= 15 is 0 Å². The van der Waals surface area contributed by atoms with Gasteiger partial charge in [0, 0.05) is 48.6 Å². The van der Waals surface area contributed by atoms with Gasteiger partial charge in [-0.05, 0) is 90.0 Å². The molecule has 10 rings (SSSR count). The number of ketones is 1. The second-order valence-corrected chi connectivity index (χ2v) is 17.8. The molecule has 0 saturated heterocycles. The summed E-state index contributed by atoms with van der Waals surface area (Å²) in [4.78, 5) is 23.9. The zero-order valence-corrected chi connectivity index (χ0v) is 32.9. The van der Waals surface area contributed by atoms with Crippen LogP contribution in [0.4, 0.5) is 0 Å². The van der Waals surface area contributed by atoms with Crippen molar-refractivity contribution in [2.75, 3.05) is 6.54 Å². The van der Waals surface area contributed by atoms with Crippen molar-refractivity contribution >= 4 is 18.2 Å². The van der Waals surface area contributed by atoms with E-state index in [2.05, 4.69) is 35.1 Å². The summed E-state index contributed by atoms with van der Waals surface area (Å²) in [5, 5.41) is 33.5. The monoisotopic (exact) mass is 779 g/mol. The van der Waals surface area contributed by atoms with E-state index in [1.54, 1.807) is 0 Å². The molecule has 10 nitrogen and oxygen atoms in total. The highest BCUT2D eigenvalue weighted by atomic mass is 16.5. The maximum atomic E-state index is 13.2. The fourth-order valence-electron chi connectivity index (χ4n) is 11.0. The molecule has 2 aromatic rings. The molecular weight excluding hydrogens is 729 g/mol. The van der Waals surface area contributed by atoms with Crippen molar-refractivity contribution in [3.8, 4) is 35.4 Å². The molecule has 8 aliphatic rings. The number of fused-ring (bicyclic) bond motifs is 6. The number of Topliss-reactive ketones (excluding diaryl/α,β-unsaturated/α-hetero) is 1. The Balaban J connectivity index is 1.00. The lowest BCUT2D eigenvalue weighted by Crippen LogP contribution is -3.12. The topological polar surface area (TPSA) is 151 Å². The Bertz CT molecular complexity index is 2330. The first-order valence-corrected chi connectivity index (χ1v) is 21.2. The molecule has 3 aliphatic carbocycles. The molecule has 0 amide bonds. The number of aliphatic hydroxyl groups is 3. The number of hydrogen-bond donors (Lipinski definition) is 5. The molecule has 5 heterocycles. The normalized spacial score (nSPS) is 33.5. The molecule has 2 aromatic carbocycles. The van der Waals surface area contributed by atoms with Crippen LogP contribution in [0.25, 0.3) is 0 Å². The number of ether oxygens (including phenoxy) is 2. The summed E-state index contributed by atoms with van der Waals surface area (Å²) < 4.78 is 13.3. The summed E-state index contributed by atoms with van der Waals surface area (Å²) in [6.07, 6.45) is 16.3. The zero-order valence-electron chi connectivity index (χ0n) is 32.9. The van der Waals surface area contributed by atoms with Crippen LogP contribution >= 0.6 is 0 Å². The second-order valence-electron chi connectivity index (χ2n) is 17.8. The molecule has 5 aliphatic heterocycles. The van der Waals surface area contributed by atoms with Crippen LogP contribution in [0.5, 0.6) is 11.5 Å². The molecule has 1 fully saturated rings. The summed E-state index contributed by atoms with van der Waals surface area (Å²) in [5.41, 5.74) is 14.4. The summed E-state index contributed by atoms with van der Waals surface area (Å²) >= 11 is 0. The number of carbonyl (C=O) groups excluding carboxylic acids is 1. The Morgan fingerprint density at radius 2 is 1.91 bits per heavy atom. The van der Waals surface area contributed by atoms with Gasteiger partial charge in [0.2, 0.25) is 0 Å². The Labute approximate surface area is 339 Å². The van der Waals surface area contributed by atoms with Gasteiger partial charge in [-0.2, -0.15) is 0 Å². The average Bonchev–Trinajstić information content (AvgIpc) is 3.96. The highest BCUT2D eigenvalue weighted by molar-refractivity contribution is 5.89. The van der Waals surface area contributed by atoms with Gasteiger partial charge in [-0.15, -0.1) is 0 Å². The van der Waals surface area contributed by atoms with E-state index in [-0.39, 0.29) is 42.3 Å². The predicted octanol–water partition coefficient (Wildman–Crippen LogP) is 4.62. The van der Waals surface area contributed by atoms with Crippen molar-refractivity contribution < 1.29 is 34.5 Å². The molecule has 58 heavy (non-hydrogen) atoms. The number of nitrogens with one attached hydrogen (secondary N) is 1. The third-order valence-electron chi connectivity index (χ3n) is 14.1. The van der Waals surface area contributed by atoms with Crippen molar-refractivity contribution in [1.29, 1.82) is 0 Å². The Morgan fingerprint density at radius 1 is 1.07 bits per heavy atom. The number of quaternary nitrogens is 1. The van der Waals surface area contributed by atoms with Crippen LogP contribution in [0.3, 0.4) is 0 Å². The molecule has 2 bridgehead atoms. The highest BCUT2D eigenvalue weighted by Gasteiger charge is 2.52. The number of aryl methyl sites for hydroxylation is 1. The Hall–Kier alpha value is -4.81. The van der Waals surface area contributed by atoms with Crippen molar-refractivity contribution in [1.82, 2.24) is 0 Å². The van der Waals surface area contributed by atoms with Gasteiger partial charge in [0.25, 0.3) is 6.23 Å². The van der Waals surface area contributed by atoms with E-state index in [1.165, 1.54) is 16.7 Å².